The topological polar surface area (TPSA) is 104 Å². The molecule has 1 aliphatic rings. The number of rotatable bonds is 8. The highest BCUT2D eigenvalue weighted by molar-refractivity contribution is 7.92. The minimum Gasteiger partial charge on any atom is -0.324 e. The maximum atomic E-state index is 13.1. The summed E-state index contributed by atoms with van der Waals surface area (Å²) in [4.78, 5) is 13.2. The molecule has 0 aliphatic carbocycles. The zero-order valence-electron chi connectivity index (χ0n) is 19.3. The first-order valence-corrected chi connectivity index (χ1v) is 14.9. The molecule has 0 aromatic heterocycles. The van der Waals surface area contributed by atoms with Crippen molar-refractivity contribution >= 4 is 48.9 Å². The molecule has 2 aromatic carbocycles. The molecule has 1 atom stereocenters. The van der Waals surface area contributed by atoms with Gasteiger partial charge in [-0.25, -0.2) is 16.8 Å². The van der Waals surface area contributed by atoms with E-state index in [1.807, 2.05) is 0 Å². The van der Waals surface area contributed by atoms with E-state index in [0.717, 1.165) is 36.2 Å². The van der Waals surface area contributed by atoms with Crippen LogP contribution in [0.3, 0.4) is 0 Å². The molecule has 8 nitrogen and oxygen atoms in total. The van der Waals surface area contributed by atoms with Crippen molar-refractivity contribution < 1.29 is 21.6 Å². The number of nitrogens with zero attached hydrogens (tertiary/aromatic N) is 2. The zero-order chi connectivity index (χ0) is 24.9. The smallest absolute Gasteiger partial charge is 0.248 e. The van der Waals surface area contributed by atoms with E-state index in [2.05, 4.69) is 5.32 Å². The van der Waals surface area contributed by atoms with Gasteiger partial charge in [0, 0.05) is 23.8 Å². The minimum atomic E-state index is -3.80. The largest absolute Gasteiger partial charge is 0.324 e. The summed E-state index contributed by atoms with van der Waals surface area (Å²) >= 11 is 6.04. The number of anilines is 2. The fourth-order valence-corrected chi connectivity index (χ4v) is 6.95. The predicted molar refractivity (Wildman–Crippen MR) is 135 cm³/mol. The maximum Gasteiger partial charge on any atom is 0.248 e. The predicted octanol–water partition coefficient (Wildman–Crippen LogP) is 4.09. The van der Waals surface area contributed by atoms with Gasteiger partial charge in [0.2, 0.25) is 26.0 Å². The van der Waals surface area contributed by atoms with Gasteiger partial charge in [-0.2, -0.15) is 4.31 Å². The molecular formula is C23H30ClN3O5S2. The van der Waals surface area contributed by atoms with Gasteiger partial charge < -0.3 is 5.32 Å². The normalized spacial score (nSPS) is 16.4. The number of benzene rings is 2. The minimum absolute atomic E-state index is 0.163. The van der Waals surface area contributed by atoms with E-state index in [1.165, 1.54) is 34.6 Å². The number of amides is 1. The Balaban J connectivity index is 1.80. The number of hydrogen-bond acceptors (Lipinski definition) is 5. The molecule has 1 aliphatic heterocycles. The summed E-state index contributed by atoms with van der Waals surface area (Å²) in [7, 11) is -7.40. The van der Waals surface area contributed by atoms with Crippen LogP contribution in [0.25, 0.3) is 0 Å². The number of halogens is 1. The van der Waals surface area contributed by atoms with Crippen molar-refractivity contribution in [3.8, 4) is 0 Å². The molecule has 11 heteroatoms. The number of nitrogens with one attached hydrogen (secondary N) is 1. The van der Waals surface area contributed by atoms with E-state index in [1.54, 1.807) is 25.1 Å². The van der Waals surface area contributed by atoms with Gasteiger partial charge in [-0.15, -0.1) is 0 Å². The molecule has 1 amide bonds. The van der Waals surface area contributed by atoms with Gasteiger partial charge in [0.05, 0.1) is 16.8 Å². The number of carbonyl (C=O) groups is 1. The number of hydrogen-bond donors (Lipinski definition) is 1. The van der Waals surface area contributed by atoms with Crippen LogP contribution in [0.5, 0.6) is 0 Å². The van der Waals surface area contributed by atoms with E-state index in [9.17, 15) is 21.6 Å². The Bertz CT molecular complexity index is 1210. The fourth-order valence-electron chi connectivity index (χ4n) is 4.04. The molecule has 1 heterocycles. The van der Waals surface area contributed by atoms with Gasteiger partial charge in [0.1, 0.15) is 6.04 Å². The van der Waals surface area contributed by atoms with Gasteiger partial charge >= 0.3 is 0 Å². The second-order valence-corrected chi connectivity index (χ2v) is 12.5. The second kappa shape index (κ2) is 11.1. The van der Waals surface area contributed by atoms with E-state index < -0.39 is 32.0 Å². The molecular weight excluding hydrogens is 498 g/mol. The lowest BCUT2D eigenvalue weighted by Crippen LogP contribution is -2.47. The highest BCUT2D eigenvalue weighted by Gasteiger charge is 2.32. The van der Waals surface area contributed by atoms with E-state index >= 15 is 0 Å². The first-order valence-electron chi connectivity index (χ1n) is 11.2. The highest BCUT2D eigenvalue weighted by atomic mass is 35.5. The van der Waals surface area contributed by atoms with Gasteiger partial charge in [-0.05, 0) is 61.7 Å². The summed E-state index contributed by atoms with van der Waals surface area (Å²) in [6, 6.07) is 11.2. The average Bonchev–Trinajstić information content (AvgIpc) is 3.07. The first kappa shape index (κ1) is 26.5. The molecule has 0 saturated carbocycles. The lowest BCUT2D eigenvalue weighted by molar-refractivity contribution is -0.117. The van der Waals surface area contributed by atoms with Crippen LogP contribution < -0.4 is 9.62 Å². The van der Waals surface area contributed by atoms with Crippen molar-refractivity contribution in [3.05, 3.63) is 53.6 Å². The SMILES string of the molecule is CC[C@@H](C(=O)Nc1ccc(S(=O)(=O)N2CCCCCC2)cc1)N(c1cccc(Cl)c1)S(C)(=O)=O. The molecule has 0 unspecified atom stereocenters. The van der Waals surface area contributed by atoms with Crippen LogP contribution in [0.4, 0.5) is 11.4 Å². The molecule has 1 fully saturated rings. The van der Waals surface area contributed by atoms with Crippen molar-refractivity contribution in [1.29, 1.82) is 0 Å². The van der Waals surface area contributed by atoms with Crippen LogP contribution in [0.15, 0.2) is 53.4 Å². The summed E-state index contributed by atoms with van der Waals surface area (Å²) < 4.78 is 53.6. The summed E-state index contributed by atoms with van der Waals surface area (Å²) in [5, 5.41) is 3.06. The number of sulfonamides is 2. The Kier molecular flexibility index (Phi) is 8.62. The standard InChI is InChI=1S/C23H30ClN3O5S2/c1-3-22(27(33(2,29)30)20-10-8-9-18(24)17-20)23(28)25-19-11-13-21(14-12-19)34(31,32)26-15-6-4-5-7-16-26/h8-14,17,22H,3-7,15-16H2,1-2H3,(H,25,28)/t22-/m0/s1. The number of carbonyl (C=O) groups excluding carboxylic acids is 1. The van der Waals surface area contributed by atoms with Crippen molar-refractivity contribution in [1.82, 2.24) is 4.31 Å². The van der Waals surface area contributed by atoms with E-state index in [0.29, 0.717) is 23.8 Å². The molecule has 186 valence electrons. The molecule has 0 radical (unpaired) electrons. The highest BCUT2D eigenvalue weighted by Crippen LogP contribution is 2.27. The average molecular weight is 528 g/mol. The van der Waals surface area contributed by atoms with Crippen molar-refractivity contribution in [3.63, 3.8) is 0 Å². The summed E-state index contributed by atoms with van der Waals surface area (Å²) in [5.41, 5.74) is 0.661. The third-order valence-electron chi connectivity index (χ3n) is 5.72. The molecule has 3 rings (SSSR count). The quantitative estimate of drug-likeness (QED) is 0.557. The molecule has 34 heavy (non-hydrogen) atoms. The van der Waals surface area contributed by atoms with Crippen LogP contribution in [-0.2, 0) is 24.8 Å². The van der Waals surface area contributed by atoms with Crippen LogP contribution in [0.1, 0.15) is 39.0 Å². The molecule has 0 spiro atoms. The van der Waals surface area contributed by atoms with Crippen molar-refractivity contribution in [2.45, 2.75) is 50.0 Å². The lowest BCUT2D eigenvalue weighted by Gasteiger charge is -2.30. The third-order valence-corrected chi connectivity index (χ3v) is 9.04. The molecule has 1 saturated heterocycles. The second-order valence-electron chi connectivity index (χ2n) is 8.29. The van der Waals surface area contributed by atoms with E-state index in [4.69, 9.17) is 11.6 Å². The van der Waals surface area contributed by atoms with Gasteiger partial charge in [-0.1, -0.05) is 37.4 Å². The Morgan fingerprint density at radius 3 is 2.18 bits per heavy atom. The summed E-state index contributed by atoms with van der Waals surface area (Å²) in [6.45, 7) is 2.72. The molecule has 1 N–H and O–H groups in total. The molecule has 2 aromatic rings. The van der Waals surface area contributed by atoms with Crippen LogP contribution >= 0.6 is 11.6 Å². The monoisotopic (exact) mass is 527 g/mol. The van der Waals surface area contributed by atoms with E-state index in [-0.39, 0.29) is 17.0 Å². The van der Waals surface area contributed by atoms with Crippen LogP contribution in [-0.4, -0.2) is 52.4 Å². The zero-order valence-corrected chi connectivity index (χ0v) is 21.7. The first-order chi connectivity index (χ1) is 16.0. The summed E-state index contributed by atoms with van der Waals surface area (Å²) in [6.07, 6.45) is 4.98. The van der Waals surface area contributed by atoms with Gasteiger partial charge in [0.25, 0.3) is 0 Å². The van der Waals surface area contributed by atoms with Crippen LogP contribution in [0.2, 0.25) is 5.02 Å². The van der Waals surface area contributed by atoms with Crippen molar-refractivity contribution in [2.75, 3.05) is 29.0 Å². The Hall–Kier alpha value is -2.14. The third kappa shape index (κ3) is 6.29. The van der Waals surface area contributed by atoms with Crippen LogP contribution in [0, 0.1) is 0 Å². The maximum absolute atomic E-state index is 13.1. The Morgan fingerprint density at radius 1 is 1.03 bits per heavy atom. The summed E-state index contributed by atoms with van der Waals surface area (Å²) in [5.74, 6) is -0.531. The van der Waals surface area contributed by atoms with Gasteiger partial charge in [-0.3, -0.25) is 9.10 Å². The van der Waals surface area contributed by atoms with Crippen molar-refractivity contribution in [2.24, 2.45) is 0 Å². The van der Waals surface area contributed by atoms with Gasteiger partial charge in [0.15, 0.2) is 0 Å². The Labute approximate surface area is 207 Å². The lowest BCUT2D eigenvalue weighted by atomic mass is 10.2. The Morgan fingerprint density at radius 2 is 1.65 bits per heavy atom. The fraction of sp³-hybridized carbons (Fsp3) is 0.435. The molecule has 0 bridgehead atoms.